The number of rotatable bonds is 5. The molecule has 2 heterocycles. The van der Waals surface area contributed by atoms with E-state index in [0.29, 0.717) is 42.6 Å². The molecule has 6 nitrogen and oxygen atoms in total. The molecule has 4 rings (SSSR count). The first-order chi connectivity index (χ1) is 15.4. The molecule has 3 aromatic rings. The van der Waals surface area contributed by atoms with E-state index in [9.17, 15) is 9.18 Å². The van der Waals surface area contributed by atoms with Gasteiger partial charge in [-0.25, -0.2) is 4.39 Å². The maximum absolute atomic E-state index is 13.1. The summed E-state index contributed by atoms with van der Waals surface area (Å²) in [6, 6.07) is 15.3. The minimum Gasteiger partial charge on any atom is -0.481 e. The van der Waals surface area contributed by atoms with E-state index in [1.54, 1.807) is 31.2 Å². The molecular formula is C24H24ClFN4O2. The lowest BCUT2D eigenvalue weighted by atomic mass is 10.1. The number of nitrogens with zero attached hydrogens (tertiary/aromatic N) is 4. The number of halogens is 2. The van der Waals surface area contributed by atoms with Gasteiger partial charge in [0.1, 0.15) is 11.6 Å². The van der Waals surface area contributed by atoms with Gasteiger partial charge in [0.05, 0.1) is 5.69 Å². The fraction of sp³-hybridized carbons (Fsp3) is 0.292. The van der Waals surface area contributed by atoms with Crippen molar-refractivity contribution in [1.29, 1.82) is 0 Å². The van der Waals surface area contributed by atoms with Gasteiger partial charge in [0.25, 0.3) is 5.91 Å². The summed E-state index contributed by atoms with van der Waals surface area (Å²) in [5.74, 6) is 1.05. The van der Waals surface area contributed by atoms with Crippen LogP contribution in [0.5, 0.6) is 5.75 Å². The molecule has 166 valence electrons. The number of anilines is 1. The van der Waals surface area contributed by atoms with Gasteiger partial charge in [-0.05, 0) is 74.0 Å². The number of hydrogen-bond donors (Lipinski definition) is 0. The topological polar surface area (TPSA) is 58.6 Å². The van der Waals surface area contributed by atoms with Crippen LogP contribution in [-0.4, -0.2) is 53.3 Å². The summed E-state index contributed by atoms with van der Waals surface area (Å²) < 4.78 is 18.9. The molecule has 0 saturated carbocycles. The molecule has 32 heavy (non-hydrogen) atoms. The summed E-state index contributed by atoms with van der Waals surface area (Å²) in [6.07, 6.45) is -0.586. The molecule has 0 spiro atoms. The number of carbonyl (C=O) groups excluding carboxylic acids is 1. The lowest BCUT2D eigenvalue weighted by molar-refractivity contribution is -0.138. The van der Waals surface area contributed by atoms with Gasteiger partial charge in [-0.15, -0.1) is 10.2 Å². The number of aryl methyl sites for hydroxylation is 1. The number of benzene rings is 2. The van der Waals surface area contributed by atoms with Gasteiger partial charge in [-0.1, -0.05) is 11.6 Å². The van der Waals surface area contributed by atoms with Crippen LogP contribution in [0.4, 0.5) is 10.2 Å². The van der Waals surface area contributed by atoms with Crippen molar-refractivity contribution >= 4 is 23.3 Å². The van der Waals surface area contributed by atoms with Crippen LogP contribution in [0.2, 0.25) is 5.02 Å². The molecule has 1 amide bonds. The average molecular weight is 455 g/mol. The third-order valence-electron chi connectivity index (χ3n) is 5.50. The zero-order valence-corrected chi connectivity index (χ0v) is 18.7. The molecule has 1 saturated heterocycles. The Kier molecular flexibility index (Phi) is 6.55. The molecule has 1 fully saturated rings. The number of hydrogen-bond acceptors (Lipinski definition) is 5. The van der Waals surface area contributed by atoms with Crippen molar-refractivity contribution in [1.82, 2.24) is 15.1 Å². The second-order valence-electron chi connectivity index (χ2n) is 7.77. The van der Waals surface area contributed by atoms with E-state index < -0.39 is 6.10 Å². The van der Waals surface area contributed by atoms with Crippen molar-refractivity contribution in [2.75, 3.05) is 31.1 Å². The van der Waals surface area contributed by atoms with Crippen LogP contribution in [0.15, 0.2) is 54.6 Å². The maximum atomic E-state index is 13.1. The van der Waals surface area contributed by atoms with Crippen LogP contribution in [0.3, 0.4) is 0 Å². The van der Waals surface area contributed by atoms with Gasteiger partial charge in [-0.2, -0.15) is 0 Å². The minimum atomic E-state index is -0.586. The summed E-state index contributed by atoms with van der Waals surface area (Å²) in [6.45, 7) is 6.13. The third-order valence-corrected chi connectivity index (χ3v) is 5.92. The van der Waals surface area contributed by atoms with E-state index in [1.165, 1.54) is 12.1 Å². The van der Waals surface area contributed by atoms with Crippen molar-refractivity contribution < 1.29 is 13.9 Å². The predicted octanol–water partition coefficient (Wildman–Crippen LogP) is 4.36. The van der Waals surface area contributed by atoms with E-state index in [2.05, 4.69) is 15.1 Å². The molecule has 1 aliphatic rings. The number of piperazine rings is 1. The highest BCUT2D eigenvalue weighted by atomic mass is 35.5. The monoisotopic (exact) mass is 454 g/mol. The Morgan fingerprint density at radius 1 is 1.03 bits per heavy atom. The van der Waals surface area contributed by atoms with E-state index in [1.807, 2.05) is 30.0 Å². The molecule has 0 N–H and O–H groups in total. The molecule has 2 aromatic carbocycles. The summed E-state index contributed by atoms with van der Waals surface area (Å²) in [4.78, 5) is 16.7. The van der Waals surface area contributed by atoms with Crippen molar-refractivity contribution in [2.24, 2.45) is 0 Å². The van der Waals surface area contributed by atoms with Crippen LogP contribution in [0.1, 0.15) is 12.5 Å². The van der Waals surface area contributed by atoms with Gasteiger partial charge in [0.2, 0.25) is 0 Å². The second-order valence-corrected chi connectivity index (χ2v) is 8.17. The van der Waals surface area contributed by atoms with Gasteiger partial charge >= 0.3 is 0 Å². The van der Waals surface area contributed by atoms with Gasteiger partial charge in [-0.3, -0.25) is 4.79 Å². The molecule has 1 aliphatic heterocycles. The lowest BCUT2D eigenvalue weighted by Crippen LogP contribution is -2.52. The standard InChI is InChI=1S/C24H24ClFN4O2/c1-16-15-20(7-8-21(16)25)32-17(2)24(31)30-13-11-29(12-14-30)23-10-9-22(27-28-23)18-3-5-19(26)6-4-18/h3-10,15,17H,11-14H2,1-2H3. The minimum absolute atomic E-state index is 0.0463. The second kappa shape index (κ2) is 9.53. The Morgan fingerprint density at radius 2 is 1.75 bits per heavy atom. The van der Waals surface area contributed by atoms with Crippen LogP contribution in [-0.2, 0) is 4.79 Å². The Hall–Kier alpha value is -3.19. The Morgan fingerprint density at radius 3 is 2.38 bits per heavy atom. The van der Waals surface area contributed by atoms with Crippen molar-refractivity contribution in [3.63, 3.8) is 0 Å². The van der Waals surface area contributed by atoms with E-state index in [4.69, 9.17) is 16.3 Å². The fourth-order valence-corrected chi connectivity index (χ4v) is 3.74. The van der Waals surface area contributed by atoms with Gasteiger partial charge in [0.15, 0.2) is 11.9 Å². The summed E-state index contributed by atoms with van der Waals surface area (Å²) >= 11 is 6.05. The molecule has 1 atom stereocenters. The lowest BCUT2D eigenvalue weighted by Gasteiger charge is -2.36. The molecule has 0 aliphatic carbocycles. The predicted molar refractivity (Wildman–Crippen MR) is 122 cm³/mol. The smallest absolute Gasteiger partial charge is 0.263 e. The van der Waals surface area contributed by atoms with E-state index >= 15 is 0 Å². The van der Waals surface area contributed by atoms with Crippen LogP contribution in [0, 0.1) is 12.7 Å². The third kappa shape index (κ3) is 4.99. The SMILES string of the molecule is Cc1cc(OC(C)C(=O)N2CCN(c3ccc(-c4ccc(F)cc4)nn3)CC2)ccc1Cl. The number of carbonyl (C=O) groups is 1. The first-order valence-corrected chi connectivity index (χ1v) is 10.8. The van der Waals surface area contributed by atoms with E-state index in [-0.39, 0.29) is 11.7 Å². The Bertz CT molecular complexity index is 1080. The first-order valence-electron chi connectivity index (χ1n) is 10.5. The molecular weight excluding hydrogens is 431 g/mol. The fourth-order valence-electron chi connectivity index (χ4n) is 3.63. The van der Waals surface area contributed by atoms with Crippen molar-refractivity contribution in [3.8, 4) is 17.0 Å². The molecule has 1 aromatic heterocycles. The van der Waals surface area contributed by atoms with Gasteiger partial charge < -0.3 is 14.5 Å². The summed E-state index contributed by atoms with van der Waals surface area (Å²) in [5.41, 5.74) is 2.40. The van der Waals surface area contributed by atoms with E-state index in [0.717, 1.165) is 16.9 Å². The molecule has 1 unspecified atom stereocenters. The largest absolute Gasteiger partial charge is 0.481 e. The zero-order valence-electron chi connectivity index (χ0n) is 18.0. The zero-order chi connectivity index (χ0) is 22.7. The maximum Gasteiger partial charge on any atom is 0.263 e. The van der Waals surface area contributed by atoms with Crippen molar-refractivity contribution in [2.45, 2.75) is 20.0 Å². The highest BCUT2D eigenvalue weighted by molar-refractivity contribution is 6.31. The normalized spacial score (nSPS) is 14.9. The number of aromatic nitrogens is 2. The van der Waals surface area contributed by atoms with Crippen LogP contribution < -0.4 is 9.64 Å². The average Bonchev–Trinajstić information content (AvgIpc) is 2.82. The van der Waals surface area contributed by atoms with Crippen LogP contribution in [0.25, 0.3) is 11.3 Å². The Labute approximate surface area is 191 Å². The quantitative estimate of drug-likeness (QED) is 0.573. The summed E-state index contributed by atoms with van der Waals surface area (Å²) in [7, 11) is 0. The Balaban J connectivity index is 1.32. The molecule has 8 heteroatoms. The van der Waals surface area contributed by atoms with Crippen LogP contribution >= 0.6 is 11.6 Å². The highest BCUT2D eigenvalue weighted by Crippen LogP contribution is 2.23. The summed E-state index contributed by atoms with van der Waals surface area (Å²) in [5, 5.41) is 9.26. The van der Waals surface area contributed by atoms with Gasteiger partial charge in [0, 0.05) is 36.8 Å². The highest BCUT2D eigenvalue weighted by Gasteiger charge is 2.26. The number of amides is 1. The van der Waals surface area contributed by atoms with Crippen molar-refractivity contribution in [3.05, 3.63) is 71.0 Å². The first kappa shape index (κ1) is 22.0. The number of ether oxygens (including phenoxy) is 1. The molecule has 0 radical (unpaired) electrons. The molecule has 0 bridgehead atoms.